The minimum atomic E-state index is -0.853. The van der Waals surface area contributed by atoms with Crippen LogP contribution in [0.3, 0.4) is 0 Å². The van der Waals surface area contributed by atoms with Crippen LogP contribution in [0.25, 0.3) is 0 Å². The van der Waals surface area contributed by atoms with E-state index in [1.54, 1.807) is 0 Å². The molecular formula is C11H11BrFN3. The maximum Gasteiger partial charge on any atom is 0.147 e. The Hall–Kier alpha value is -0.990. The molecule has 0 amide bonds. The van der Waals surface area contributed by atoms with Gasteiger partial charge in [-0.3, -0.25) is 4.98 Å². The largest absolute Gasteiger partial charge is 0.325 e. The summed E-state index contributed by atoms with van der Waals surface area (Å²) in [6.07, 6.45) is 2.40. The minimum absolute atomic E-state index is 0.209. The molecule has 2 N–H and O–H groups in total. The van der Waals surface area contributed by atoms with E-state index in [9.17, 15) is 9.65 Å². The van der Waals surface area contributed by atoms with Gasteiger partial charge in [0.2, 0.25) is 0 Å². The summed E-state index contributed by atoms with van der Waals surface area (Å²) in [6.45, 7) is 1.86. The van der Waals surface area contributed by atoms with Crippen molar-refractivity contribution in [2.75, 3.05) is 0 Å². The fourth-order valence-electron chi connectivity index (χ4n) is 2.39. The first-order valence-corrected chi connectivity index (χ1v) is 5.70. The molecule has 1 saturated carbocycles. The molecule has 16 heavy (non-hydrogen) atoms. The average molecular weight is 284 g/mol. The number of nitriles is 1. The number of nitrogens with zero attached hydrogens (tertiary/aromatic N) is 2. The van der Waals surface area contributed by atoms with Gasteiger partial charge in [-0.2, -0.15) is 5.26 Å². The molecule has 84 valence electrons. The Morgan fingerprint density at radius 1 is 1.62 bits per heavy atom. The zero-order valence-electron chi connectivity index (χ0n) is 8.80. The van der Waals surface area contributed by atoms with Gasteiger partial charge in [-0.25, -0.2) is 4.39 Å². The molecule has 1 aliphatic rings. The third-order valence-electron chi connectivity index (χ3n) is 2.89. The van der Waals surface area contributed by atoms with Gasteiger partial charge in [0.25, 0.3) is 0 Å². The van der Waals surface area contributed by atoms with Gasteiger partial charge >= 0.3 is 0 Å². The second-order valence-corrected chi connectivity index (χ2v) is 5.60. The average Bonchev–Trinajstić information content (AvgIpc) is 2.13. The molecule has 1 aliphatic carbocycles. The van der Waals surface area contributed by atoms with Gasteiger partial charge in [-0.05, 0) is 41.8 Å². The first-order valence-electron chi connectivity index (χ1n) is 4.90. The van der Waals surface area contributed by atoms with E-state index in [2.05, 4.69) is 27.0 Å². The number of pyridine rings is 1. The monoisotopic (exact) mass is 283 g/mol. The molecule has 1 aromatic rings. The molecule has 3 nitrogen and oxygen atoms in total. The minimum Gasteiger partial charge on any atom is -0.325 e. The lowest BCUT2D eigenvalue weighted by Crippen LogP contribution is -2.58. The predicted octanol–water partition coefficient (Wildman–Crippen LogP) is 2.26. The Kier molecular flexibility index (Phi) is 2.52. The summed E-state index contributed by atoms with van der Waals surface area (Å²) >= 11 is 3.14. The van der Waals surface area contributed by atoms with Crippen molar-refractivity contribution in [3.63, 3.8) is 0 Å². The Labute approximate surface area is 102 Å². The summed E-state index contributed by atoms with van der Waals surface area (Å²) in [6, 6.07) is 3.48. The highest BCUT2D eigenvalue weighted by Gasteiger charge is 2.53. The normalized spacial score (nSPS) is 32.9. The number of halogens is 2. The molecule has 0 spiro atoms. The molecule has 0 radical (unpaired) electrons. The number of hydrogen-bond donors (Lipinski definition) is 1. The number of rotatable bonds is 1. The molecular weight excluding hydrogens is 273 g/mol. The Morgan fingerprint density at radius 2 is 2.25 bits per heavy atom. The third-order valence-corrected chi connectivity index (χ3v) is 3.32. The van der Waals surface area contributed by atoms with Crippen molar-refractivity contribution in [3.05, 3.63) is 28.2 Å². The molecule has 1 heterocycles. The van der Waals surface area contributed by atoms with Crippen LogP contribution in [-0.2, 0) is 5.41 Å². The van der Waals surface area contributed by atoms with Crippen LogP contribution in [0, 0.1) is 17.1 Å². The van der Waals surface area contributed by atoms with E-state index in [1.165, 1.54) is 12.3 Å². The highest BCUT2D eigenvalue weighted by molar-refractivity contribution is 9.10. The number of aromatic nitrogens is 1. The second-order valence-electron chi connectivity index (χ2n) is 4.69. The van der Waals surface area contributed by atoms with Crippen LogP contribution in [-0.4, -0.2) is 10.5 Å². The standard InChI is InChI=1S/C11H11BrFN3/c1-10(15)4-11(5-10,6-14)9-8(13)2-7(12)3-16-9/h2-3H,4-5,15H2,1H3. The SMILES string of the molecule is CC1(N)CC(C#N)(c2ncc(Br)cc2F)C1. The Balaban J connectivity index is 2.41. The Bertz CT molecular complexity index is 471. The molecule has 2 rings (SSSR count). The fourth-order valence-corrected chi connectivity index (χ4v) is 2.70. The van der Waals surface area contributed by atoms with Gasteiger partial charge < -0.3 is 5.73 Å². The molecule has 1 fully saturated rings. The zero-order chi connectivity index (χ0) is 12.0. The topological polar surface area (TPSA) is 62.7 Å². The lowest BCUT2D eigenvalue weighted by atomic mass is 9.57. The van der Waals surface area contributed by atoms with E-state index in [4.69, 9.17) is 5.73 Å². The van der Waals surface area contributed by atoms with E-state index < -0.39 is 16.8 Å². The number of hydrogen-bond acceptors (Lipinski definition) is 3. The maximum atomic E-state index is 13.7. The van der Waals surface area contributed by atoms with E-state index >= 15 is 0 Å². The van der Waals surface area contributed by atoms with Crippen LogP contribution in [0.2, 0.25) is 0 Å². The molecule has 0 atom stereocenters. The van der Waals surface area contributed by atoms with Gasteiger partial charge in [0.05, 0.1) is 11.8 Å². The van der Waals surface area contributed by atoms with Crippen LogP contribution in [0.15, 0.2) is 16.7 Å². The molecule has 0 unspecified atom stereocenters. The van der Waals surface area contributed by atoms with E-state index in [1.807, 2.05) is 6.92 Å². The summed E-state index contributed by atoms with van der Waals surface area (Å²) in [4.78, 5) is 4.01. The third kappa shape index (κ3) is 1.72. The fraction of sp³-hybridized carbons (Fsp3) is 0.455. The zero-order valence-corrected chi connectivity index (χ0v) is 10.4. The molecule has 0 aliphatic heterocycles. The van der Waals surface area contributed by atoms with Crippen molar-refractivity contribution >= 4 is 15.9 Å². The summed E-state index contributed by atoms with van der Waals surface area (Å²) in [5.41, 5.74) is 4.84. The second kappa shape index (κ2) is 3.51. The summed E-state index contributed by atoms with van der Waals surface area (Å²) in [5.74, 6) is -0.452. The summed E-state index contributed by atoms with van der Waals surface area (Å²) in [5, 5.41) is 9.19. The summed E-state index contributed by atoms with van der Waals surface area (Å²) in [7, 11) is 0. The van der Waals surface area contributed by atoms with Crippen LogP contribution < -0.4 is 5.73 Å². The van der Waals surface area contributed by atoms with Gasteiger partial charge in [0, 0.05) is 16.2 Å². The van der Waals surface area contributed by atoms with Crippen LogP contribution in [0.4, 0.5) is 4.39 Å². The van der Waals surface area contributed by atoms with Gasteiger partial charge in [-0.15, -0.1) is 0 Å². The quantitative estimate of drug-likeness (QED) is 0.860. The molecule has 0 bridgehead atoms. The predicted molar refractivity (Wildman–Crippen MR) is 61.0 cm³/mol. The van der Waals surface area contributed by atoms with E-state index in [0.717, 1.165) is 0 Å². The lowest BCUT2D eigenvalue weighted by Gasteiger charge is -2.48. The summed E-state index contributed by atoms with van der Waals surface area (Å²) < 4.78 is 14.3. The van der Waals surface area contributed by atoms with Crippen LogP contribution in [0.5, 0.6) is 0 Å². The highest BCUT2D eigenvalue weighted by atomic mass is 79.9. The van der Waals surface area contributed by atoms with Crippen molar-refractivity contribution in [1.29, 1.82) is 5.26 Å². The maximum absolute atomic E-state index is 13.7. The van der Waals surface area contributed by atoms with Crippen molar-refractivity contribution in [2.45, 2.75) is 30.7 Å². The molecule has 5 heteroatoms. The smallest absolute Gasteiger partial charge is 0.147 e. The van der Waals surface area contributed by atoms with E-state index in [-0.39, 0.29) is 5.69 Å². The molecule has 1 aromatic heterocycles. The van der Waals surface area contributed by atoms with Crippen molar-refractivity contribution in [1.82, 2.24) is 4.98 Å². The van der Waals surface area contributed by atoms with Crippen molar-refractivity contribution < 1.29 is 4.39 Å². The molecule has 0 aromatic carbocycles. The first-order chi connectivity index (χ1) is 7.38. The van der Waals surface area contributed by atoms with Gasteiger partial charge in [-0.1, -0.05) is 0 Å². The van der Waals surface area contributed by atoms with E-state index in [0.29, 0.717) is 17.3 Å². The number of nitrogens with two attached hydrogens (primary N) is 1. The van der Waals surface area contributed by atoms with Gasteiger partial charge in [0.1, 0.15) is 11.2 Å². The lowest BCUT2D eigenvalue weighted by molar-refractivity contribution is 0.162. The van der Waals surface area contributed by atoms with Crippen molar-refractivity contribution in [2.24, 2.45) is 5.73 Å². The first kappa shape index (κ1) is 11.5. The Morgan fingerprint density at radius 3 is 2.69 bits per heavy atom. The van der Waals surface area contributed by atoms with Crippen LogP contribution >= 0.6 is 15.9 Å². The highest BCUT2D eigenvalue weighted by Crippen LogP contribution is 2.48. The molecule has 0 saturated heterocycles. The van der Waals surface area contributed by atoms with Crippen LogP contribution in [0.1, 0.15) is 25.5 Å². The van der Waals surface area contributed by atoms with Crippen molar-refractivity contribution in [3.8, 4) is 6.07 Å². The van der Waals surface area contributed by atoms with Gasteiger partial charge in [0.15, 0.2) is 0 Å².